The predicted molar refractivity (Wildman–Crippen MR) is 98.6 cm³/mol. The zero-order valence-electron chi connectivity index (χ0n) is 14.7. The van der Waals surface area contributed by atoms with E-state index in [1.165, 1.54) is 0 Å². The van der Waals surface area contributed by atoms with Gasteiger partial charge in [0.15, 0.2) is 0 Å². The van der Waals surface area contributed by atoms with Crippen LogP contribution in [0.4, 0.5) is 0 Å². The van der Waals surface area contributed by atoms with Crippen molar-refractivity contribution in [3.8, 4) is 11.1 Å². The smallest absolute Gasteiger partial charge is 0.251 e. The Labute approximate surface area is 152 Å². The molecule has 2 aromatic rings. The fourth-order valence-corrected chi connectivity index (χ4v) is 2.70. The van der Waals surface area contributed by atoms with Gasteiger partial charge in [0.05, 0.1) is 6.10 Å². The second kappa shape index (κ2) is 9.70. The summed E-state index contributed by atoms with van der Waals surface area (Å²) in [6.07, 6.45) is 1.51. The van der Waals surface area contributed by atoms with E-state index in [9.17, 15) is 14.7 Å². The molecular weight excluding hydrogens is 332 g/mol. The fraction of sp³-hybridized carbons (Fsp3) is 0.300. The van der Waals surface area contributed by atoms with Crippen LogP contribution in [0.3, 0.4) is 0 Å². The first kappa shape index (κ1) is 19.6. The Kier molecular flexibility index (Phi) is 7.32. The van der Waals surface area contributed by atoms with Gasteiger partial charge in [-0.3, -0.25) is 14.8 Å². The van der Waals surface area contributed by atoms with Crippen molar-refractivity contribution >= 4 is 11.8 Å². The van der Waals surface area contributed by atoms with Crippen molar-refractivity contribution in [2.75, 3.05) is 7.05 Å². The molecule has 0 aliphatic carbocycles. The summed E-state index contributed by atoms with van der Waals surface area (Å²) in [4.78, 5) is 22.5. The number of rotatable bonds is 8. The van der Waals surface area contributed by atoms with E-state index >= 15 is 0 Å². The van der Waals surface area contributed by atoms with E-state index in [2.05, 4.69) is 5.32 Å². The number of hydrogen-bond acceptors (Lipinski definition) is 4. The van der Waals surface area contributed by atoms with Gasteiger partial charge in [-0.15, -0.1) is 0 Å². The molecule has 2 amide bonds. The van der Waals surface area contributed by atoms with Crippen molar-refractivity contribution in [2.45, 2.75) is 31.8 Å². The molecule has 0 aromatic heterocycles. The normalized spacial score (nSPS) is 11.7. The highest BCUT2D eigenvalue weighted by Crippen LogP contribution is 2.25. The Morgan fingerprint density at radius 2 is 1.54 bits per heavy atom. The second-order valence-corrected chi connectivity index (χ2v) is 6.08. The van der Waals surface area contributed by atoms with E-state index < -0.39 is 12.0 Å². The summed E-state index contributed by atoms with van der Waals surface area (Å²) in [6, 6.07) is 15.0. The Balaban J connectivity index is 1.92. The van der Waals surface area contributed by atoms with Crippen LogP contribution >= 0.6 is 0 Å². The molecule has 0 saturated heterocycles. The van der Waals surface area contributed by atoms with Crippen molar-refractivity contribution in [3.63, 3.8) is 0 Å². The lowest BCUT2D eigenvalue weighted by molar-refractivity contribution is -0.129. The van der Waals surface area contributed by atoms with Gasteiger partial charge in [-0.05, 0) is 41.7 Å². The monoisotopic (exact) mass is 356 g/mol. The molecule has 2 rings (SSSR count). The summed E-state index contributed by atoms with van der Waals surface area (Å²) >= 11 is 0. The molecule has 1 atom stereocenters. The van der Waals surface area contributed by atoms with Crippen LogP contribution in [0.1, 0.15) is 47.7 Å². The van der Waals surface area contributed by atoms with Gasteiger partial charge in [-0.25, -0.2) is 5.48 Å². The number of amides is 2. The number of benzene rings is 2. The van der Waals surface area contributed by atoms with Gasteiger partial charge in [0.1, 0.15) is 0 Å². The fourth-order valence-electron chi connectivity index (χ4n) is 2.70. The predicted octanol–water partition coefficient (Wildman–Crippen LogP) is 2.81. The lowest BCUT2D eigenvalue weighted by Gasteiger charge is -2.12. The van der Waals surface area contributed by atoms with Gasteiger partial charge < -0.3 is 10.4 Å². The maximum atomic E-state index is 11.6. The van der Waals surface area contributed by atoms with Crippen molar-refractivity contribution in [3.05, 3.63) is 59.7 Å². The average Bonchev–Trinajstić information content (AvgIpc) is 2.70. The van der Waals surface area contributed by atoms with Gasteiger partial charge in [0.2, 0.25) is 5.91 Å². The number of unbranched alkanes of at least 4 members (excludes halogenated alkanes) is 1. The highest BCUT2D eigenvalue weighted by molar-refractivity contribution is 5.94. The Bertz CT molecular complexity index is 726. The van der Waals surface area contributed by atoms with E-state index in [4.69, 9.17) is 5.21 Å². The van der Waals surface area contributed by atoms with Crippen LogP contribution in [0.25, 0.3) is 11.1 Å². The largest absolute Gasteiger partial charge is 0.388 e. The number of hydrogen-bond donors (Lipinski definition) is 4. The highest BCUT2D eigenvalue weighted by atomic mass is 16.5. The van der Waals surface area contributed by atoms with Crippen molar-refractivity contribution < 1.29 is 19.9 Å². The molecule has 138 valence electrons. The summed E-state index contributed by atoms with van der Waals surface area (Å²) in [6.45, 7) is 0. The zero-order chi connectivity index (χ0) is 18.9. The van der Waals surface area contributed by atoms with Gasteiger partial charge in [0, 0.05) is 19.0 Å². The van der Waals surface area contributed by atoms with Crippen molar-refractivity contribution in [2.24, 2.45) is 0 Å². The van der Waals surface area contributed by atoms with Crippen LogP contribution in [0.5, 0.6) is 0 Å². The molecule has 6 heteroatoms. The van der Waals surface area contributed by atoms with Gasteiger partial charge in [-0.2, -0.15) is 0 Å². The van der Waals surface area contributed by atoms with Crippen LogP contribution in [0.15, 0.2) is 48.5 Å². The lowest BCUT2D eigenvalue weighted by atomic mass is 9.98. The maximum Gasteiger partial charge on any atom is 0.251 e. The molecule has 0 aliphatic heterocycles. The van der Waals surface area contributed by atoms with Crippen LogP contribution in [-0.2, 0) is 4.79 Å². The summed E-state index contributed by atoms with van der Waals surface area (Å²) in [5, 5.41) is 21.3. The molecule has 4 N–H and O–H groups in total. The summed E-state index contributed by atoms with van der Waals surface area (Å²) in [5.41, 5.74) is 5.02. The SMILES string of the molecule is CNC(=O)c1ccc(-c2ccc([C@H](O)CCCCC(=O)NO)cc2)cc1. The van der Waals surface area contributed by atoms with Gasteiger partial charge >= 0.3 is 0 Å². The topological polar surface area (TPSA) is 98.7 Å². The minimum Gasteiger partial charge on any atom is -0.388 e. The van der Waals surface area contributed by atoms with E-state index in [1.807, 2.05) is 36.4 Å². The van der Waals surface area contributed by atoms with Crippen molar-refractivity contribution in [1.82, 2.24) is 10.8 Å². The Morgan fingerprint density at radius 1 is 0.962 bits per heavy atom. The third-order valence-electron chi connectivity index (χ3n) is 4.26. The zero-order valence-corrected chi connectivity index (χ0v) is 14.7. The maximum absolute atomic E-state index is 11.6. The third kappa shape index (κ3) is 5.40. The highest BCUT2D eigenvalue weighted by Gasteiger charge is 2.09. The molecule has 6 nitrogen and oxygen atoms in total. The molecule has 0 saturated carbocycles. The first-order chi connectivity index (χ1) is 12.5. The first-order valence-corrected chi connectivity index (χ1v) is 8.58. The molecular formula is C20H24N2O4. The number of nitrogens with one attached hydrogen (secondary N) is 2. The van der Waals surface area contributed by atoms with Gasteiger partial charge in [0.25, 0.3) is 5.91 Å². The number of hydroxylamine groups is 1. The molecule has 0 bridgehead atoms. The molecule has 0 radical (unpaired) electrons. The van der Waals surface area contributed by atoms with Crippen LogP contribution in [0, 0.1) is 0 Å². The second-order valence-electron chi connectivity index (χ2n) is 6.08. The molecule has 26 heavy (non-hydrogen) atoms. The van der Waals surface area contributed by atoms with Crippen LogP contribution in [-0.4, -0.2) is 29.2 Å². The molecule has 0 heterocycles. The molecule has 0 aliphatic rings. The summed E-state index contributed by atoms with van der Waals surface area (Å²) in [7, 11) is 1.60. The number of carbonyl (C=O) groups excluding carboxylic acids is 2. The first-order valence-electron chi connectivity index (χ1n) is 8.58. The quantitative estimate of drug-likeness (QED) is 0.332. The third-order valence-corrected chi connectivity index (χ3v) is 4.26. The number of aliphatic hydroxyl groups is 1. The minimum atomic E-state index is -0.586. The van der Waals surface area contributed by atoms with E-state index in [-0.39, 0.29) is 12.3 Å². The summed E-state index contributed by atoms with van der Waals surface area (Å²) in [5.74, 6) is -0.530. The molecule has 2 aromatic carbocycles. The lowest BCUT2D eigenvalue weighted by Crippen LogP contribution is -2.17. The van der Waals surface area contributed by atoms with Crippen molar-refractivity contribution in [1.29, 1.82) is 0 Å². The Morgan fingerprint density at radius 3 is 2.08 bits per heavy atom. The minimum absolute atomic E-state index is 0.119. The summed E-state index contributed by atoms with van der Waals surface area (Å²) < 4.78 is 0. The standard InChI is InChI=1S/C20H24N2O4/c1-21-20(25)17-12-8-15(9-13-17)14-6-10-16(11-7-14)18(23)4-2-3-5-19(24)22-26/h6-13,18,23,26H,2-5H2,1H3,(H,21,25)(H,22,24)/t18-/m1/s1. The molecule has 0 spiro atoms. The Hall–Kier alpha value is -2.70. The molecule has 0 fully saturated rings. The number of carbonyl (C=O) groups is 2. The van der Waals surface area contributed by atoms with E-state index in [1.54, 1.807) is 24.7 Å². The number of aliphatic hydroxyl groups excluding tert-OH is 1. The van der Waals surface area contributed by atoms with Crippen LogP contribution in [0.2, 0.25) is 0 Å². The average molecular weight is 356 g/mol. The molecule has 0 unspecified atom stereocenters. The van der Waals surface area contributed by atoms with Crippen LogP contribution < -0.4 is 10.8 Å². The van der Waals surface area contributed by atoms with E-state index in [0.717, 1.165) is 16.7 Å². The van der Waals surface area contributed by atoms with E-state index in [0.29, 0.717) is 24.8 Å². The van der Waals surface area contributed by atoms with Gasteiger partial charge in [-0.1, -0.05) is 42.8 Å².